The standard InChI is InChI=1S/C32H31F3N6O/c1-32(24-7-2-3-8-26(24)34)12-5-4-6-19(41-36)16-37-17-23-21-11-13-38-28(21)15-27(35)30(23)42-20-9-10-25(33)22(14-20)31-39-18-29(32)40-31/h2-3,7-8,10-11,13-16,18,20,38H,4-6,9,12,17,36H2,1H3,(H,39,40)/b37-16?,41-19-. The number of aromatic amines is 2. The highest BCUT2D eigenvalue weighted by Gasteiger charge is 2.34. The summed E-state index contributed by atoms with van der Waals surface area (Å²) in [6, 6.07) is 9.87. The van der Waals surface area contributed by atoms with Crippen LogP contribution in [0, 0.1) is 11.6 Å². The number of nitrogens with two attached hydrogens (primary N) is 1. The Morgan fingerprint density at radius 1 is 1.12 bits per heavy atom. The summed E-state index contributed by atoms with van der Waals surface area (Å²) in [6.07, 6.45) is 10.1. The first-order valence-corrected chi connectivity index (χ1v) is 14.0. The van der Waals surface area contributed by atoms with E-state index in [4.69, 9.17) is 10.6 Å². The van der Waals surface area contributed by atoms with E-state index < -0.39 is 23.2 Å². The number of halogens is 3. The molecule has 4 aromatic rings. The van der Waals surface area contributed by atoms with Gasteiger partial charge in [-0.05, 0) is 56.0 Å². The van der Waals surface area contributed by atoms with E-state index in [-0.39, 0.29) is 30.1 Å². The fourth-order valence-electron chi connectivity index (χ4n) is 5.85. The molecule has 0 spiro atoms. The second-order valence-corrected chi connectivity index (χ2v) is 10.9. The van der Waals surface area contributed by atoms with Crippen molar-refractivity contribution in [2.75, 3.05) is 0 Å². The summed E-state index contributed by atoms with van der Waals surface area (Å²) in [5.74, 6) is 4.68. The maximum atomic E-state index is 15.4. The number of benzene rings is 2. The van der Waals surface area contributed by atoms with Crippen molar-refractivity contribution in [1.29, 1.82) is 0 Å². The van der Waals surface area contributed by atoms with E-state index in [1.54, 1.807) is 42.9 Å². The molecule has 4 bridgehead atoms. The van der Waals surface area contributed by atoms with Crippen molar-refractivity contribution in [2.45, 2.75) is 57.1 Å². The average Bonchev–Trinajstić information content (AvgIpc) is 3.67. The number of hydrogen-bond acceptors (Lipinski definition) is 5. The van der Waals surface area contributed by atoms with Gasteiger partial charge in [0.25, 0.3) is 0 Å². The lowest BCUT2D eigenvalue weighted by atomic mass is 9.75. The summed E-state index contributed by atoms with van der Waals surface area (Å²) in [4.78, 5) is 15.3. The zero-order valence-electron chi connectivity index (χ0n) is 23.1. The first-order chi connectivity index (χ1) is 20.4. The lowest BCUT2D eigenvalue weighted by Crippen LogP contribution is -2.26. The third-order valence-corrected chi connectivity index (χ3v) is 8.18. The molecule has 0 fully saturated rings. The van der Waals surface area contributed by atoms with Crippen LogP contribution in [0.4, 0.5) is 13.2 Å². The fraction of sp³-hybridized carbons (Fsp3) is 0.281. The second kappa shape index (κ2) is 11.3. The zero-order chi connectivity index (χ0) is 29.3. The minimum absolute atomic E-state index is 0.0511. The van der Waals surface area contributed by atoms with Crippen molar-refractivity contribution in [3.05, 3.63) is 101 Å². The highest BCUT2D eigenvalue weighted by molar-refractivity contribution is 6.30. The first-order valence-electron chi connectivity index (χ1n) is 14.0. The van der Waals surface area contributed by atoms with Gasteiger partial charge in [-0.15, -0.1) is 0 Å². The summed E-state index contributed by atoms with van der Waals surface area (Å²) in [7, 11) is 0. The zero-order valence-corrected chi connectivity index (χ0v) is 23.1. The van der Waals surface area contributed by atoms with Crippen LogP contribution in [0.25, 0.3) is 16.5 Å². The molecule has 1 aliphatic carbocycles. The van der Waals surface area contributed by atoms with Crippen molar-refractivity contribution in [2.24, 2.45) is 15.9 Å². The number of allylic oxidation sites excluding steroid dienone is 2. The normalized spacial score (nSPS) is 22.6. The number of aliphatic imine (C=N–C) groups is 1. The topological polar surface area (TPSA) is 104 Å². The molecule has 2 aliphatic rings. The molecule has 0 saturated carbocycles. The van der Waals surface area contributed by atoms with E-state index in [1.807, 2.05) is 13.0 Å². The third-order valence-electron chi connectivity index (χ3n) is 8.18. The molecule has 4 N–H and O–H groups in total. The third kappa shape index (κ3) is 5.13. The molecule has 42 heavy (non-hydrogen) atoms. The molecule has 7 nitrogen and oxygen atoms in total. The predicted molar refractivity (Wildman–Crippen MR) is 158 cm³/mol. The SMILES string of the molecule is CC1(c2ccccc2F)CCCC/C(=N/N)C=NCc2c(c(F)cc3[nH]ccc23)OC2C=C(C(F)=CC2)c2ncc1[nH]2. The van der Waals surface area contributed by atoms with Gasteiger partial charge < -0.3 is 20.5 Å². The van der Waals surface area contributed by atoms with Crippen LogP contribution in [0.5, 0.6) is 5.75 Å². The number of hydrogen-bond donors (Lipinski definition) is 3. The molecule has 1 aliphatic heterocycles. The van der Waals surface area contributed by atoms with Crippen molar-refractivity contribution in [1.82, 2.24) is 15.0 Å². The van der Waals surface area contributed by atoms with E-state index in [0.29, 0.717) is 53.1 Å². The van der Waals surface area contributed by atoms with E-state index >= 15 is 13.2 Å². The number of ether oxygens (including phenoxy) is 1. The highest BCUT2D eigenvalue weighted by Crippen LogP contribution is 2.40. The number of nitrogens with one attached hydrogen (secondary N) is 2. The van der Waals surface area contributed by atoms with E-state index in [2.05, 4.69) is 25.0 Å². The molecule has 0 radical (unpaired) electrons. The van der Waals surface area contributed by atoms with Gasteiger partial charge in [-0.25, -0.2) is 18.2 Å². The van der Waals surface area contributed by atoms with Crippen LogP contribution in [0.3, 0.4) is 0 Å². The second-order valence-electron chi connectivity index (χ2n) is 10.9. The van der Waals surface area contributed by atoms with Gasteiger partial charge in [-0.2, -0.15) is 5.10 Å². The van der Waals surface area contributed by atoms with Crippen LogP contribution in [0.2, 0.25) is 0 Å². The lowest BCUT2D eigenvalue weighted by molar-refractivity contribution is 0.237. The van der Waals surface area contributed by atoms with Gasteiger partial charge in [0, 0.05) is 58.7 Å². The summed E-state index contributed by atoms with van der Waals surface area (Å²) in [6.45, 7) is 2.08. The van der Waals surface area contributed by atoms with Crippen LogP contribution in [-0.4, -0.2) is 33.0 Å². The van der Waals surface area contributed by atoms with Gasteiger partial charge in [-0.1, -0.05) is 24.6 Å². The molecule has 0 saturated heterocycles. The number of H-pyrrole nitrogens is 2. The van der Waals surface area contributed by atoms with Crippen LogP contribution in [0.15, 0.2) is 76.9 Å². The average molecular weight is 573 g/mol. The molecular weight excluding hydrogens is 541 g/mol. The molecule has 2 aromatic carbocycles. The number of hydrazone groups is 1. The van der Waals surface area contributed by atoms with Crippen molar-refractivity contribution < 1.29 is 17.9 Å². The first kappa shape index (κ1) is 27.6. The molecule has 2 aromatic heterocycles. The molecule has 2 unspecified atom stereocenters. The Hall–Kier alpha value is -4.60. The Balaban J connectivity index is 1.46. The summed E-state index contributed by atoms with van der Waals surface area (Å²) >= 11 is 0. The number of nitrogens with zero attached hydrogens (tertiary/aromatic N) is 3. The number of aromatic nitrogens is 3. The van der Waals surface area contributed by atoms with Gasteiger partial charge in [0.2, 0.25) is 0 Å². The minimum atomic E-state index is -0.772. The molecular formula is C32H31F3N6O. The largest absolute Gasteiger partial charge is 0.483 e. The molecule has 2 atom stereocenters. The Labute approximate surface area is 241 Å². The van der Waals surface area contributed by atoms with Gasteiger partial charge in [-0.3, -0.25) is 4.99 Å². The Morgan fingerprint density at radius 2 is 1.98 bits per heavy atom. The quantitative estimate of drug-likeness (QED) is 0.169. The molecule has 10 heteroatoms. The van der Waals surface area contributed by atoms with Gasteiger partial charge in [0.15, 0.2) is 11.6 Å². The Morgan fingerprint density at radius 3 is 2.81 bits per heavy atom. The summed E-state index contributed by atoms with van der Waals surface area (Å²) < 4.78 is 52.0. The number of fused-ring (bicyclic) bond motifs is 7. The number of imidazole rings is 1. The van der Waals surface area contributed by atoms with Gasteiger partial charge >= 0.3 is 0 Å². The maximum Gasteiger partial charge on any atom is 0.167 e. The molecule has 6 rings (SSSR count). The van der Waals surface area contributed by atoms with Crippen LogP contribution in [0.1, 0.15) is 61.7 Å². The number of rotatable bonds is 1. The van der Waals surface area contributed by atoms with Crippen LogP contribution in [-0.2, 0) is 12.0 Å². The van der Waals surface area contributed by atoms with Crippen molar-refractivity contribution >= 4 is 28.4 Å². The van der Waals surface area contributed by atoms with Crippen LogP contribution < -0.4 is 10.6 Å². The van der Waals surface area contributed by atoms with E-state index in [0.717, 1.165) is 11.8 Å². The molecule has 3 heterocycles. The summed E-state index contributed by atoms with van der Waals surface area (Å²) in [5, 5.41) is 4.68. The van der Waals surface area contributed by atoms with E-state index in [9.17, 15) is 0 Å². The Kier molecular flexibility index (Phi) is 7.45. The minimum Gasteiger partial charge on any atom is -0.483 e. The lowest BCUT2D eigenvalue weighted by Gasteiger charge is -2.30. The predicted octanol–water partition coefficient (Wildman–Crippen LogP) is 7.02. The smallest absolute Gasteiger partial charge is 0.167 e. The van der Waals surface area contributed by atoms with Crippen molar-refractivity contribution in [3.8, 4) is 5.75 Å². The highest BCUT2D eigenvalue weighted by atomic mass is 19.1. The Bertz CT molecular complexity index is 1750. The summed E-state index contributed by atoms with van der Waals surface area (Å²) in [5.41, 5.74) is 2.38. The van der Waals surface area contributed by atoms with Crippen LogP contribution >= 0.6 is 0 Å². The maximum absolute atomic E-state index is 15.4. The fourth-order valence-corrected chi connectivity index (χ4v) is 5.85. The van der Waals surface area contributed by atoms with E-state index in [1.165, 1.54) is 18.2 Å². The molecule has 216 valence electrons. The van der Waals surface area contributed by atoms with Gasteiger partial charge in [0.1, 0.15) is 23.6 Å². The van der Waals surface area contributed by atoms with Crippen molar-refractivity contribution in [3.63, 3.8) is 0 Å². The molecule has 0 amide bonds. The monoisotopic (exact) mass is 572 g/mol. The van der Waals surface area contributed by atoms with Gasteiger partial charge in [0.05, 0.1) is 17.8 Å².